The molecule has 150 valence electrons. The van der Waals surface area contributed by atoms with Gasteiger partial charge in [-0.15, -0.1) is 10.2 Å². The maximum Gasteiger partial charge on any atom is 0.237 e. The minimum Gasteiger partial charge on any atom is -0.378 e. The lowest BCUT2D eigenvalue weighted by atomic mass is 10.1. The van der Waals surface area contributed by atoms with Crippen LogP contribution in [0.1, 0.15) is 31.4 Å². The van der Waals surface area contributed by atoms with Crippen LogP contribution >= 0.6 is 11.8 Å². The summed E-state index contributed by atoms with van der Waals surface area (Å²) in [7, 11) is 0. The summed E-state index contributed by atoms with van der Waals surface area (Å²) >= 11 is 1.45. The molecule has 1 aliphatic carbocycles. The van der Waals surface area contributed by atoms with Gasteiger partial charge < -0.3 is 15.0 Å². The molecule has 0 bridgehead atoms. The van der Waals surface area contributed by atoms with E-state index in [0.717, 1.165) is 49.3 Å². The molecule has 1 fully saturated rings. The minimum atomic E-state index is -0.264. The fourth-order valence-corrected chi connectivity index (χ4v) is 4.66. The summed E-state index contributed by atoms with van der Waals surface area (Å²) in [5, 5.41) is 12.3. The van der Waals surface area contributed by atoms with E-state index in [1.165, 1.54) is 29.3 Å². The molecule has 0 saturated carbocycles. The Balaban J connectivity index is 1.42. The summed E-state index contributed by atoms with van der Waals surface area (Å²) in [5.41, 5.74) is 3.65. The number of anilines is 2. The number of morpholine rings is 1. The van der Waals surface area contributed by atoms with Crippen LogP contribution in [0.25, 0.3) is 0 Å². The lowest BCUT2D eigenvalue weighted by molar-refractivity contribution is -0.115. The Kier molecular flexibility index (Phi) is 5.87. The van der Waals surface area contributed by atoms with E-state index >= 15 is 0 Å². The van der Waals surface area contributed by atoms with Crippen molar-refractivity contribution in [3.05, 3.63) is 29.3 Å². The van der Waals surface area contributed by atoms with E-state index in [1.54, 1.807) is 0 Å². The number of carbonyl (C=O) groups excluding carboxylic acids is 1. The summed E-state index contributed by atoms with van der Waals surface area (Å²) in [4.78, 5) is 14.9. The van der Waals surface area contributed by atoms with Crippen LogP contribution in [0.15, 0.2) is 23.4 Å². The summed E-state index contributed by atoms with van der Waals surface area (Å²) < 4.78 is 7.50. The van der Waals surface area contributed by atoms with Crippen molar-refractivity contribution >= 4 is 29.3 Å². The lowest BCUT2D eigenvalue weighted by Crippen LogP contribution is -2.38. The van der Waals surface area contributed by atoms with Crippen molar-refractivity contribution in [1.29, 1.82) is 0 Å². The Morgan fingerprint density at radius 1 is 1.25 bits per heavy atom. The largest absolute Gasteiger partial charge is 0.378 e. The van der Waals surface area contributed by atoms with Gasteiger partial charge in [0.25, 0.3) is 0 Å². The van der Waals surface area contributed by atoms with E-state index < -0.39 is 0 Å². The second kappa shape index (κ2) is 8.53. The first-order valence-corrected chi connectivity index (χ1v) is 10.9. The molecule has 1 aromatic carbocycles. The molecule has 1 N–H and O–H groups in total. The molecule has 2 aliphatic rings. The maximum absolute atomic E-state index is 12.7. The normalized spacial score (nSPS) is 17.4. The molecule has 1 saturated heterocycles. The van der Waals surface area contributed by atoms with Crippen LogP contribution in [0.4, 0.5) is 11.6 Å². The number of carbonyl (C=O) groups is 1. The molecule has 8 heteroatoms. The van der Waals surface area contributed by atoms with Crippen LogP contribution in [0.5, 0.6) is 0 Å². The Morgan fingerprint density at radius 2 is 2.04 bits per heavy atom. The molecule has 2 heterocycles. The van der Waals surface area contributed by atoms with Crippen molar-refractivity contribution < 1.29 is 9.53 Å². The fourth-order valence-electron chi connectivity index (χ4n) is 3.75. The molecule has 0 radical (unpaired) electrons. The fraction of sp³-hybridized carbons (Fsp3) is 0.550. The molecule has 1 atom stereocenters. The van der Waals surface area contributed by atoms with E-state index in [4.69, 9.17) is 4.74 Å². The Labute approximate surface area is 169 Å². The maximum atomic E-state index is 12.7. The van der Waals surface area contributed by atoms with Crippen LogP contribution in [-0.2, 0) is 28.9 Å². The highest BCUT2D eigenvalue weighted by Crippen LogP contribution is 2.28. The van der Waals surface area contributed by atoms with Crippen molar-refractivity contribution in [2.75, 3.05) is 36.5 Å². The summed E-state index contributed by atoms with van der Waals surface area (Å²) in [6.45, 7) is 7.80. The first-order chi connectivity index (χ1) is 13.7. The number of hydrogen-bond acceptors (Lipinski definition) is 6. The Bertz CT molecular complexity index is 847. The predicted molar refractivity (Wildman–Crippen MR) is 111 cm³/mol. The van der Waals surface area contributed by atoms with E-state index in [-0.39, 0.29) is 11.2 Å². The zero-order valence-corrected chi connectivity index (χ0v) is 17.3. The van der Waals surface area contributed by atoms with Crippen LogP contribution in [-0.4, -0.2) is 52.2 Å². The average Bonchev–Trinajstić information content (AvgIpc) is 3.34. The van der Waals surface area contributed by atoms with Crippen LogP contribution < -0.4 is 10.2 Å². The lowest BCUT2D eigenvalue weighted by Gasteiger charge is -2.27. The average molecular weight is 402 g/mol. The third-order valence-electron chi connectivity index (χ3n) is 5.32. The monoisotopic (exact) mass is 401 g/mol. The highest BCUT2D eigenvalue weighted by atomic mass is 32.2. The van der Waals surface area contributed by atoms with Crippen molar-refractivity contribution in [2.24, 2.45) is 0 Å². The molecule has 7 nitrogen and oxygen atoms in total. The summed E-state index contributed by atoms with van der Waals surface area (Å²) in [5.74, 6) is 0.848. The van der Waals surface area contributed by atoms with Crippen molar-refractivity contribution in [1.82, 2.24) is 14.8 Å². The van der Waals surface area contributed by atoms with Gasteiger partial charge in [-0.2, -0.15) is 0 Å². The number of hydrogen-bond donors (Lipinski definition) is 1. The summed E-state index contributed by atoms with van der Waals surface area (Å²) in [6.07, 6.45) is 3.46. The summed E-state index contributed by atoms with van der Waals surface area (Å²) in [6, 6.07) is 6.26. The van der Waals surface area contributed by atoms with Crippen LogP contribution in [0, 0.1) is 0 Å². The van der Waals surface area contributed by atoms with E-state index in [2.05, 4.69) is 44.0 Å². The molecular weight excluding hydrogens is 374 g/mol. The number of aryl methyl sites for hydroxylation is 2. The van der Waals surface area contributed by atoms with Gasteiger partial charge in [0.15, 0.2) is 5.16 Å². The SMILES string of the molecule is CCn1c(S[C@H](C)C(=O)Nc2ccc3c(c2)CCC3)nnc1N1CCOCC1. The van der Waals surface area contributed by atoms with Gasteiger partial charge in [-0.1, -0.05) is 17.8 Å². The van der Waals surface area contributed by atoms with E-state index in [0.29, 0.717) is 13.2 Å². The Hall–Kier alpha value is -2.06. The second-order valence-corrected chi connectivity index (χ2v) is 8.52. The van der Waals surface area contributed by atoms with Gasteiger partial charge in [-0.3, -0.25) is 9.36 Å². The van der Waals surface area contributed by atoms with Gasteiger partial charge in [-0.05, 0) is 56.4 Å². The molecule has 28 heavy (non-hydrogen) atoms. The third kappa shape index (κ3) is 4.03. The van der Waals surface area contributed by atoms with Gasteiger partial charge in [0.1, 0.15) is 0 Å². The number of nitrogens with zero attached hydrogens (tertiary/aromatic N) is 4. The smallest absolute Gasteiger partial charge is 0.237 e. The first kappa shape index (κ1) is 19.3. The molecule has 0 spiro atoms. The van der Waals surface area contributed by atoms with Gasteiger partial charge in [0.2, 0.25) is 11.9 Å². The second-order valence-electron chi connectivity index (χ2n) is 7.21. The highest BCUT2D eigenvalue weighted by Gasteiger charge is 2.23. The van der Waals surface area contributed by atoms with Crippen LogP contribution in [0.2, 0.25) is 0 Å². The topological polar surface area (TPSA) is 72.3 Å². The first-order valence-electron chi connectivity index (χ1n) is 10.0. The zero-order valence-electron chi connectivity index (χ0n) is 16.5. The molecular formula is C20H27N5O2S. The van der Waals surface area contributed by atoms with Crippen molar-refractivity contribution in [3.63, 3.8) is 0 Å². The van der Waals surface area contributed by atoms with Crippen LogP contribution in [0.3, 0.4) is 0 Å². The van der Waals surface area contributed by atoms with Crippen molar-refractivity contribution in [2.45, 2.75) is 50.1 Å². The van der Waals surface area contributed by atoms with E-state index in [9.17, 15) is 4.79 Å². The molecule has 1 amide bonds. The molecule has 2 aromatic rings. The number of nitrogens with one attached hydrogen (secondary N) is 1. The molecule has 1 aliphatic heterocycles. The van der Waals surface area contributed by atoms with Gasteiger partial charge >= 0.3 is 0 Å². The van der Waals surface area contributed by atoms with Gasteiger partial charge in [0.05, 0.1) is 18.5 Å². The molecule has 1 aromatic heterocycles. The van der Waals surface area contributed by atoms with E-state index in [1.807, 2.05) is 13.0 Å². The number of fused-ring (bicyclic) bond motifs is 1. The van der Waals surface area contributed by atoms with Crippen molar-refractivity contribution in [3.8, 4) is 0 Å². The quantitative estimate of drug-likeness (QED) is 0.751. The molecule has 0 unspecified atom stereocenters. The third-order valence-corrected chi connectivity index (χ3v) is 6.41. The van der Waals surface area contributed by atoms with Gasteiger partial charge in [-0.25, -0.2) is 0 Å². The number of aromatic nitrogens is 3. The minimum absolute atomic E-state index is 0.0125. The number of thioether (sulfide) groups is 1. The predicted octanol–water partition coefficient (Wildman–Crippen LogP) is 2.74. The number of benzene rings is 1. The number of rotatable bonds is 6. The standard InChI is InChI=1S/C20H27N5O2S/c1-3-25-19(24-9-11-27-12-10-24)22-23-20(25)28-14(2)18(26)21-17-8-7-15-5-4-6-16(15)13-17/h7-8,13-14H,3-6,9-12H2,1-2H3,(H,21,26)/t14-/m1/s1. The Morgan fingerprint density at radius 3 is 2.82 bits per heavy atom. The molecule has 4 rings (SSSR count). The zero-order chi connectivity index (χ0) is 19.5. The van der Waals surface area contributed by atoms with Gasteiger partial charge in [0, 0.05) is 25.3 Å². The highest BCUT2D eigenvalue weighted by molar-refractivity contribution is 8.00. The number of ether oxygens (including phenoxy) is 1. The number of amides is 1.